The van der Waals surface area contributed by atoms with Crippen molar-refractivity contribution in [2.45, 2.75) is 81.2 Å². The van der Waals surface area contributed by atoms with Crippen LogP contribution in [0.3, 0.4) is 0 Å². The van der Waals surface area contributed by atoms with Gasteiger partial charge < -0.3 is 21.7 Å². The molecule has 44 heavy (non-hydrogen) atoms. The molecule has 3 amide bonds. The Labute approximate surface area is 255 Å². The molecule has 6 rings (SSSR count). The van der Waals surface area contributed by atoms with Gasteiger partial charge >= 0.3 is 0 Å². The number of benzene rings is 2. The molecule has 0 radical (unpaired) electrons. The van der Waals surface area contributed by atoms with E-state index in [4.69, 9.17) is 11.5 Å². The van der Waals surface area contributed by atoms with Crippen LogP contribution in [-0.2, 0) is 23.1 Å². The highest BCUT2D eigenvalue weighted by Crippen LogP contribution is 2.50. The molecule has 6 N–H and O–H groups in total. The number of fused-ring (bicyclic) bond motifs is 2. The average molecular weight is 596 g/mol. The number of amides is 3. The van der Waals surface area contributed by atoms with Gasteiger partial charge in [0.25, 0.3) is 0 Å². The normalized spacial score (nSPS) is 20.2. The molecule has 0 spiro atoms. The summed E-state index contributed by atoms with van der Waals surface area (Å²) < 4.78 is 0. The summed E-state index contributed by atoms with van der Waals surface area (Å²) in [7, 11) is 0. The summed E-state index contributed by atoms with van der Waals surface area (Å²) in [5.74, 6) is -0.575. The van der Waals surface area contributed by atoms with Crippen molar-refractivity contribution >= 4 is 17.7 Å². The summed E-state index contributed by atoms with van der Waals surface area (Å²) in [5.41, 5.74) is 14.6. The van der Waals surface area contributed by atoms with Gasteiger partial charge in [0.05, 0.1) is 18.0 Å². The number of hydrogen-bond donors (Lipinski definition) is 4. The highest BCUT2D eigenvalue weighted by Gasteiger charge is 2.50. The minimum Gasteiger partial charge on any atom is -0.366 e. The molecule has 3 aliphatic rings. The number of H-pyrrole nitrogens is 1. The Morgan fingerprint density at radius 1 is 0.977 bits per heavy atom. The molecule has 3 aromatic rings. The van der Waals surface area contributed by atoms with Gasteiger partial charge in [0.1, 0.15) is 6.04 Å². The zero-order valence-corrected chi connectivity index (χ0v) is 24.6. The number of aromatic nitrogens is 4. The molecule has 1 unspecified atom stereocenters. The zero-order valence-electron chi connectivity index (χ0n) is 24.6. The maximum atomic E-state index is 13.4. The number of tetrazole rings is 1. The number of rotatable bonds is 8. The Balaban J connectivity index is 1.51. The number of nitriles is 1. The second kappa shape index (κ2) is 11.8. The lowest BCUT2D eigenvalue weighted by Gasteiger charge is -2.46. The average Bonchev–Trinajstić information content (AvgIpc) is 3.73. The predicted molar refractivity (Wildman–Crippen MR) is 160 cm³/mol. The second-order valence-corrected chi connectivity index (χ2v) is 12.4. The highest BCUT2D eigenvalue weighted by molar-refractivity contribution is 5.94. The van der Waals surface area contributed by atoms with Crippen LogP contribution in [0.2, 0.25) is 0 Å². The van der Waals surface area contributed by atoms with Crippen molar-refractivity contribution in [1.82, 2.24) is 30.8 Å². The van der Waals surface area contributed by atoms with Crippen molar-refractivity contribution in [3.63, 3.8) is 0 Å². The monoisotopic (exact) mass is 595 g/mol. The summed E-state index contributed by atoms with van der Waals surface area (Å²) in [6.45, 7) is 0.703. The largest absolute Gasteiger partial charge is 0.366 e. The Bertz CT molecular complexity index is 1560. The highest BCUT2D eigenvalue weighted by atomic mass is 16.2. The van der Waals surface area contributed by atoms with Crippen LogP contribution >= 0.6 is 0 Å². The van der Waals surface area contributed by atoms with Crippen LogP contribution in [0, 0.1) is 11.3 Å². The maximum absolute atomic E-state index is 13.4. The van der Waals surface area contributed by atoms with E-state index in [2.05, 4.69) is 32.0 Å². The lowest BCUT2D eigenvalue weighted by Crippen LogP contribution is -2.55. The van der Waals surface area contributed by atoms with Gasteiger partial charge in [0.2, 0.25) is 17.7 Å². The maximum Gasteiger partial charge on any atom is 0.248 e. The molecule has 1 saturated heterocycles. The van der Waals surface area contributed by atoms with E-state index in [0.29, 0.717) is 49.2 Å². The lowest BCUT2D eigenvalue weighted by atomic mass is 9.62. The van der Waals surface area contributed by atoms with E-state index in [-0.39, 0.29) is 12.5 Å². The van der Waals surface area contributed by atoms with Gasteiger partial charge in [0.15, 0.2) is 5.82 Å². The summed E-state index contributed by atoms with van der Waals surface area (Å²) >= 11 is 0. The fourth-order valence-corrected chi connectivity index (χ4v) is 7.74. The van der Waals surface area contributed by atoms with Crippen molar-refractivity contribution < 1.29 is 14.4 Å². The van der Waals surface area contributed by atoms with Crippen molar-refractivity contribution in [2.24, 2.45) is 11.5 Å². The molecule has 12 nitrogen and oxygen atoms in total. The Morgan fingerprint density at radius 2 is 1.61 bits per heavy atom. The number of hydrogen-bond acceptors (Lipinski definition) is 8. The number of nitrogens with two attached hydrogens (primary N) is 2. The minimum atomic E-state index is -0.923. The van der Waals surface area contributed by atoms with Crippen LogP contribution in [0.4, 0.5) is 0 Å². The molecule has 2 heterocycles. The van der Waals surface area contributed by atoms with Gasteiger partial charge in [0, 0.05) is 23.2 Å². The van der Waals surface area contributed by atoms with Crippen molar-refractivity contribution in [2.75, 3.05) is 13.1 Å². The number of likely N-dealkylation sites (tertiary alicyclic amines) is 1. The van der Waals surface area contributed by atoms with Crippen molar-refractivity contribution in [3.05, 3.63) is 75.6 Å². The third-order valence-corrected chi connectivity index (χ3v) is 9.86. The molecule has 2 fully saturated rings. The van der Waals surface area contributed by atoms with E-state index in [0.717, 1.165) is 60.8 Å². The van der Waals surface area contributed by atoms with E-state index in [1.54, 1.807) is 17.0 Å². The molecular weight excluding hydrogens is 558 g/mol. The Morgan fingerprint density at radius 3 is 2.16 bits per heavy atom. The predicted octanol–water partition coefficient (Wildman–Crippen LogP) is 2.03. The van der Waals surface area contributed by atoms with Crippen LogP contribution in [0.5, 0.6) is 0 Å². The molecule has 0 bridgehead atoms. The van der Waals surface area contributed by atoms with Crippen LogP contribution in [0.25, 0.3) is 0 Å². The summed E-state index contributed by atoms with van der Waals surface area (Å²) in [4.78, 5) is 39.6. The summed E-state index contributed by atoms with van der Waals surface area (Å²) in [6, 6.07) is 12.9. The molecular formula is C32H37N9O3. The van der Waals surface area contributed by atoms with Gasteiger partial charge in [-0.3, -0.25) is 14.4 Å². The summed E-state index contributed by atoms with van der Waals surface area (Å²) in [5, 5.41) is 28.8. The van der Waals surface area contributed by atoms with Gasteiger partial charge in [-0.15, -0.1) is 5.10 Å². The topological polar surface area (TPSA) is 197 Å². The van der Waals surface area contributed by atoms with Crippen LogP contribution in [0.15, 0.2) is 36.4 Å². The molecule has 1 atom stereocenters. The molecule has 1 aliphatic heterocycles. The van der Waals surface area contributed by atoms with Crippen LogP contribution < -0.4 is 16.8 Å². The molecule has 2 aromatic carbocycles. The quantitative estimate of drug-likeness (QED) is 0.303. The number of aromatic amines is 1. The van der Waals surface area contributed by atoms with Gasteiger partial charge in [-0.05, 0) is 102 Å². The first kappa shape index (κ1) is 29.4. The fraction of sp³-hybridized carbons (Fsp3) is 0.469. The summed E-state index contributed by atoms with van der Waals surface area (Å²) in [6.07, 6.45) is 7.94. The number of nitrogens with one attached hydrogen (secondary N) is 2. The zero-order chi connectivity index (χ0) is 30.9. The SMILES string of the molecule is N#CC1CCCN1C(=O)CNC1(CC2(c3nnn[nH]3)c3ccc(C(N)=O)cc3CCc3cc(C(N)=O)ccc32)CCCCC1. The second-order valence-electron chi connectivity index (χ2n) is 12.4. The molecule has 2 aliphatic carbocycles. The first-order chi connectivity index (χ1) is 21.3. The minimum absolute atomic E-state index is 0.0757. The third kappa shape index (κ3) is 5.21. The lowest BCUT2D eigenvalue weighted by molar-refractivity contribution is -0.130. The van der Waals surface area contributed by atoms with E-state index in [1.165, 1.54) is 0 Å². The Hall–Kier alpha value is -4.63. The number of carbonyl (C=O) groups excluding carboxylic acids is 3. The Kier molecular flexibility index (Phi) is 7.90. The smallest absolute Gasteiger partial charge is 0.248 e. The van der Waals surface area contributed by atoms with Crippen molar-refractivity contribution in [3.8, 4) is 6.07 Å². The molecule has 12 heteroatoms. The van der Waals surface area contributed by atoms with Crippen LogP contribution in [0.1, 0.15) is 100 Å². The van der Waals surface area contributed by atoms with Gasteiger partial charge in [-0.2, -0.15) is 5.26 Å². The van der Waals surface area contributed by atoms with E-state index in [1.807, 2.05) is 24.3 Å². The first-order valence-corrected chi connectivity index (χ1v) is 15.3. The van der Waals surface area contributed by atoms with E-state index >= 15 is 0 Å². The number of primary amides is 2. The fourth-order valence-electron chi connectivity index (χ4n) is 7.74. The molecule has 1 aromatic heterocycles. The van der Waals surface area contributed by atoms with Gasteiger partial charge in [-0.1, -0.05) is 31.4 Å². The third-order valence-electron chi connectivity index (χ3n) is 9.86. The standard InChI is InChI=1S/C32H37N9O3/c33-17-24-5-4-14-41(24)27(42)18-36-31(12-2-1-3-13-31)19-32(30-37-39-40-38-30)25-10-8-22(28(34)43)15-20(25)6-7-21-16-23(29(35)44)9-11-26(21)32/h8-11,15-16,24,36H,1-7,12-14,18-19H2,(H2,34,43)(H2,35,44)(H,37,38,39,40). The van der Waals surface area contributed by atoms with E-state index in [9.17, 15) is 19.6 Å². The van der Waals surface area contributed by atoms with Crippen LogP contribution in [-0.4, -0.2) is 67.9 Å². The number of carbonyl (C=O) groups is 3. The number of aryl methyl sites for hydroxylation is 2. The first-order valence-electron chi connectivity index (χ1n) is 15.3. The van der Waals surface area contributed by atoms with Crippen molar-refractivity contribution in [1.29, 1.82) is 5.26 Å². The van der Waals surface area contributed by atoms with E-state index < -0.39 is 28.8 Å². The van der Waals surface area contributed by atoms with Gasteiger partial charge in [-0.25, -0.2) is 5.10 Å². The number of nitrogens with zero attached hydrogens (tertiary/aromatic N) is 5. The molecule has 228 valence electrons. The molecule has 1 saturated carbocycles.